The Morgan fingerprint density at radius 3 is 2.57 bits per heavy atom. The van der Waals surface area contributed by atoms with Gasteiger partial charge < -0.3 is 5.73 Å². The summed E-state index contributed by atoms with van der Waals surface area (Å²) >= 11 is 0. The molecule has 0 saturated carbocycles. The lowest BCUT2D eigenvalue weighted by molar-refractivity contribution is -0.223. The van der Waals surface area contributed by atoms with E-state index in [1.54, 1.807) is 13.1 Å². The first kappa shape index (κ1) is 19.1. The maximum absolute atomic E-state index is 12.2. The predicted octanol–water partition coefficient (Wildman–Crippen LogP) is 2.32. The molecule has 1 aliphatic carbocycles. The summed E-state index contributed by atoms with van der Waals surface area (Å²) in [6, 6.07) is 15.8. The molecule has 2 aliphatic heterocycles. The number of hydrogen-bond acceptors (Lipinski definition) is 7. The summed E-state index contributed by atoms with van der Waals surface area (Å²) < 4.78 is 24.3. The van der Waals surface area contributed by atoms with Gasteiger partial charge in [-0.25, -0.2) is 23.3 Å². The summed E-state index contributed by atoms with van der Waals surface area (Å²) in [7, 11) is -1.32. The van der Waals surface area contributed by atoms with Crippen LogP contribution in [0.25, 0.3) is 11.1 Å². The van der Waals surface area contributed by atoms with E-state index in [4.69, 9.17) is 15.6 Å². The first-order valence-electron chi connectivity index (χ1n) is 9.90. The zero-order valence-corrected chi connectivity index (χ0v) is 17.4. The molecule has 0 bridgehead atoms. The fourth-order valence-corrected chi connectivity index (χ4v) is 6.64. The second-order valence-corrected chi connectivity index (χ2v) is 10.7. The van der Waals surface area contributed by atoms with E-state index in [1.165, 1.54) is 5.06 Å². The molecule has 2 spiro atoms. The van der Waals surface area contributed by atoms with Gasteiger partial charge in [0.1, 0.15) is 9.84 Å². The summed E-state index contributed by atoms with van der Waals surface area (Å²) in [6.07, 6.45) is 1.66. The molecule has 1 fully saturated rings. The van der Waals surface area contributed by atoms with Crippen LogP contribution in [-0.4, -0.2) is 38.0 Å². The van der Waals surface area contributed by atoms with Gasteiger partial charge in [0, 0.05) is 18.0 Å². The number of aliphatic imine (C=N–C) groups is 1. The quantitative estimate of drug-likeness (QED) is 0.755. The highest BCUT2D eigenvalue weighted by Crippen LogP contribution is 2.60. The highest BCUT2D eigenvalue weighted by Gasteiger charge is 2.63. The van der Waals surface area contributed by atoms with Crippen LogP contribution >= 0.6 is 0 Å². The van der Waals surface area contributed by atoms with E-state index in [1.807, 2.05) is 24.3 Å². The lowest BCUT2D eigenvalue weighted by Gasteiger charge is -2.43. The van der Waals surface area contributed by atoms with Crippen molar-refractivity contribution < 1.29 is 13.3 Å². The Hall–Kier alpha value is -2.89. The summed E-state index contributed by atoms with van der Waals surface area (Å²) in [5.74, 6) is 0.539. The third-order valence-electron chi connectivity index (χ3n) is 6.69. The van der Waals surface area contributed by atoms with Gasteiger partial charge in [0.15, 0.2) is 0 Å². The number of nitrogens with zero attached hydrogens (tertiary/aromatic N) is 3. The average molecular weight is 423 g/mol. The first-order valence-corrected chi connectivity index (χ1v) is 11.7. The Bertz CT molecular complexity index is 1220. The summed E-state index contributed by atoms with van der Waals surface area (Å²) in [4.78, 5) is 11.1. The molecule has 2 aromatic carbocycles. The number of sulfone groups is 1. The molecule has 0 radical (unpaired) electrons. The zero-order chi connectivity index (χ0) is 21.1. The van der Waals surface area contributed by atoms with Crippen LogP contribution in [0.15, 0.2) is 47.5 Å². The van der Waals surface area contributed by atoms with Crippen LogP contribution in [0.5, 0.6) is 0 Å². The van der Waals surface area contributed by atoms with E-state index >= 15 is 0 Å². The van der Waals surface area contributed by atoms with Crippen molar-refractivity contribution in [2.24, 2.45) is 16.1 Å². The van der Waals surface area contributed by atoms with Gasteiger partial charge in [-0.05, 0) is 54.2 Å². The van der Waals surface area contributed by atoms with Crippen molar-refractivity contribution in [1.82, 2.24) is 5.06 Å². The molecule has 3 aliphatic rings. The number of hydrogen-bond donors (Lipinski definition) is 1. The van der Waals surface area contributed by atoms with Crippen molar-refractivity contribution in [3.63, 3.8) is 0 Å². The number of benzene rings is 2. The molecule has 0 amide bonds. The van der Waals surface area contributed by atoms with Crippen LogP contribution in [-0.2, 0) is 26.8 Å². The van der Waals surface area contributed by atoms with Crippen molar-refractivity contribution in [2.45, 2.75) is 25.0 Å². The highest BCUT2D eigenvalue weighted by atomic mass is 32.2. The van der Waals surface area contributed by atoms with E-state index in [-0.39, 0.29) is 17.5 Å². The van der Waals surface area contributed by atoms with Gasteiger partial charge in [-0.3, -0.25) is 0 Å². The van der Waals surface area contributed by atoms with Gasteiger partial charge in [0.05, 0.1) is 23.1 Å². The number of guanidine groups is 1. The van der Waals surface area contributed by atoms with Crippen LogP contribution < -0.4 is 5.73 Å². The van der Waals surface area contributed by atoms with Crippen molar-refractivity contribution in [1.29, 1.82) is 5.26 Å². The van der Waals surface area contributed by atoms with E-state index in [2.05, 4.69) is 18.2 Å². The second-order valence-electron chi connectivity index (χ2n) is 8.38. The Labute approximate surface area is 175 Å². The average Bonchev–Trinajstić information content (AvgIpc) is 3.18. The molecule has 1 atom stereocenters. The number of rotatable bonds is 1. The molecule has 8 heteroatoms. The highest BCUT2D eigenvalue weighted by molar-refractivity contribution is 7.91. The smallest absolute Gasteiger partial charge is 0.220 e. The number of fused-ring (bicyclic) bond motifs is 3. The lowest BCUT2D eigenvalue weighted by atomic mass is 9.73. The van der Waals surface area contributed by atoms with Crippen LogP contribution in [0.1, 0.15) is 29.5 Å². The van der Waals surface area contributed by atoms with Crippen LogP contribution in [0.4, 0.5) is 0 Å². The van der Waals surface area contributed by atoms with E-state index in [9.17, 15) is 13.7 Å². The fraction of sp³-hybridized carbons (Fsp3) is 0.364. The maximum atomic E-state index is 12.2. The Balaban J connectivity index is 1.66. The summed E-state index contributed by atoms with van der Waals surface area (Å²) in [6.45, 7) is 0. The van der Waals surface area contributed by atoms with Gasteiger partial charge >= 0.3 is 0 Å². The molecule has 5 rings (SSSR count). The fourth-order valence-electron chi connectivity index (χ4n) is 5.03. The Morgan fingerprint density at radius 1 is 1.17 bits per heavy atom. The molecule has 2 aromatic rings. The predicted molar refractivity (Wildman–Crippen MR) is 113 cm³/mol. The summed E-state index contributed by atoms with van der Waals surface area (Å²) in [5, 5.41) is 10.7. The van der Waals surface area contributed by atoms with Crippen molar-refractivity contribution >= 4 is 15.8 Å². The molecule has 154 valence electrons. The topological polar surface area (TPSA) is 109 Å². The maximum Gasteiger partial charge on any atom is 0.220 e. The van der Waals surface area contributed by atoms with E-state index in [0.29, 0.717) is 24.8 Å². The van der Waals surface area contributed by atoms with Crippen LogP contribution in [0.2, 0.25) is 0 Å². The van der Waals surface area contributed by atoms with E-state index in [0.717, 1.165) is 22.3 Å². The molecule has 7 nitrogen and oxygen atoms in total. The minimum Gasteiger partial charge on any atom is -0.368 e. The third kappa shape index (κ3) is 2.66. The second kappa shape index (κ2) is 6.30. The Kier molecular flexibility index (Phi) is 4.01. The molecular formula is C22H22N4O3S. The van der Waals surface area contributed by atoms with Crippen LogP contribution in [0, 0.1) is 16.7 Å². The standard InChI is InChI=1S/C22H22N4O3S/c1-26-20(24)25-22(29-26)19-12-17(16-4-2-3-15(11-16)14-23)5-6-18(19)13-21(22)7-9-30(27,28)10-8-21/h2-6,11-12H,7-10,13H2,1H3,(H2,24,25). The number of hydroxylamine groups is 2. The third-order valence-corrected chi connectivity index (χ3v) is 8.35. The molecular weight excluding hydrogens is 400 g/mol. The van der Waals surface area contributed by atoms with E-state index < -0.39 is 21.0 Å². The van der Waals surface area contributed by atoms with Gasteiger partial charge in [-0.2, -0.15) is 5.26 Å². The largest absolute Gasteiger partial charge is 0.368 e. The van der Waals surface area contributed by atoms with Crippen LogP contribution in [0.3, 0.4) is 0 Å². The molecule has 1 saturated heterocycles. The Morgan fingerprint density at radius 2 is 1.90 bits per heavy atom. The van der Waals surface area contributed by atoms with Gasteiger partial charge in [-0.15, -0.1) is 0 Å². The van der Waals surface area contributed by atoms with Gasteiger partial charge in [0.2, 0.25) is 11.7 Å². The minimum absolute atomic E-state index is 0.127. The molecule has 2 heterocycles. The molecule has 0 aromatic heterocycles. The molecule has 30 heavy (non-hydrogen) atoms. The van der Waals surface area contributed by atoms with Gasteiger partial charge in [0.25, 0.3) is 0 Å². The normalized spacial score (nSPS) is 25.9. The van der Waals surface area contributed by atoms with Crippen molar-refractivity contribution in [3.05, 3.63) is 59.2 Å². The minimum atomic E-state index is -3.05. The van der Waals surface area contributed by atoms with Crippen molar-refractivity contribution in [3.8, 4) is 17.2 Å². The van der Waals surface area contributed by atoms with Crippen molar-refractivity contribution in [2.75, 3.05) is 18.6 Å². The summed E-state index contributed by atoms with van der Waals surface area (Å²) in [5.41, 5.74) is 9.14. The molecule has 2 N–H and O–H groups in total. The number of nitriles is 1. The lowest BCUT2D eigenvalue weighted by Crippen LogP contribution is -2.48. The number of nitrogens with two attached hydrogens (primary N) is 1. The first-order chi connectivity index (χ1) is 14.3. The van der Waals surface area contributed by atoms with Gasteiger partial charge in [-0.1, -0.05) is 24.3 Å². The SMILES string of the molecule is CN1OC2(N=C1N)c1cc(-c3cccc(C#N)c3)ccc1CC21CCS(=O)(=O)CC1. The monoisotopic (exact) mass is 422 g/mol. The zero-order valence-electron chi connectivity index (χ0n) is 16.6. The molecule has 1 unspecified atom stereocenters.